The molecular weight excluding hydrogens is 347 g/mol. The monoisotopic (exact) mass is 353 g/mol. The third kappa shape index (κ3) is 2.68. The molecule has 0 amide bonds. The second kappa shape index (κ2) is 5.67. The van der Waals surface area contributed by atoms with Crippen molar-refractivity contribution in [2.45, 2.75) is 13.8 Å². The maximum Gasteiger partial charge on any atom is 0.0809 e. The molecule has 100 valence electrons. The van der Waals surface area contributed by atoms with Crippen LogP contribution in [0.4, 0.5) is 0 Å². The van der Waals surface area contributed by atoms with Crippen molar-refractivity contribution >= 4 is 58.0 Å². The van der Waals surface area contributed by atoms with Crippen molar-refractivity contribution in [3.05, 3.63) is 48.5 Å². The van der Waals surface area contributed by atoms with Crippen molar-refractivity contribution in [1.82, 2.24) is 4.98 Å². The van der Waals surface area contributed by atoms with E-state index in [0.717, 1.165) is 11.1 Å². The van der Waals surface area contributed by atoms with E-state index in [1.807, 2.05) is 19.9 Å². The molecule has 0 aliphatic carbocycles. The van der Waals surface area contributed by atoms with E-state index in [1.54, 1.807) is 6.20 Å². The van der Waals surface area contributed by atoms with Gasteiger partial charge in [0, 0.05) is 11.8 Å². The van der Waals surface area contributed by atoms with Gasteiger partial charge < -0.3 is 0 Å². The molecule has 19 heavy (non-hydrogen) atoms. The predicted octanol–water partition coefficient (Wildman–Crippen LogP) is 6.63. The topological polar surface area (TPSA) is 12.9 Å². The van der Waals surface area contributed by atoms with Crippen LogP contribution in [0.1, 0.15) is 11.1 Å². The quantitative estimate of drug-likeness (QED) is 0.413. The molecule has 2 aromatic rings. The number of benzene rings is 1. The van der Waals surface area contributed by atoms with E-state index < -0.39 is 0 Å². The highest BCUT2D eigenvalue weighted by atomic mass is 35.5. The molecule has 1 nitrogen and oxygen atoms in total. The fraction of sp³-hybridized carbons (Fsp3) is 0.154. The number of rotatable bonds is 1. The highest BCUT2D eigenvalue weighted by Gasteiger charge is 2.22. The predicted molar refractivity (Wildman–Crippen MR) is 84.2 cm³/mol. The molecule has 0 saturated carbocycles. The lowest BCUT2D eigenvalue weighted by atomic mass is 10.1. The van der Waals surface area contributed by atoms with Crippen LogP contribution in [0.15, 0.2) is 12.3 Å². The highest BCUT2D eigenvalue weighted by molar-refractivity contribution is 6.56. The smallest absolute Gasteiger partial charge is 0.0809 e. The molecule has 1 aromatic heterocycles. The minimum atomic E-state index is 0.145. The second-order valence-corrected chi connectivity index (χ2v) is 6.01. The minimum Gasteiger partial charge on any atom is -0.256 e. The lowest BCUT2D eigenvalue weighted by Crippen LogP contribution is -1.93. The number of aryl methyl sites for hydroxylation is 2. The van der Waals surface area contributed by atoms with Gasteiger partial charge in [0.05, 0.1) is 30.8 Å². The van der Waals surface area contributed by atoms with Crippen molar-refractivity contribution in [3.8, 4) is 11.3 Å². The van der Waals surface area contributed by atoms with Gasteiger partial charge in [0.2, 0.25) is 0 Å². The van der Waals surface area contributed by atoms with Gasteiger partial charge in [-0.2, -0.15) is 0 Å². The summed E-state index contributed by atoms with van der Waals surface area (Å²) in [6.45, 7) is 3.87. The standard InChI is InChI=1S/C13H8Cl5N/c1-5-3-6(2)13(19-4-5)7-8(14)10(16)12(18)11(17)9(7)15/h3-4H,1-2H3. The van der Waals surface area contributed by atoms with Crippen LogP contribution >= 0.6 is 58.0 Å². The Kier molecular flexibility index (Phi) is 4.54. The van der Waals surface area contributed by atoms with E-state index >= 15 is 0 Å². The number of hydrogen-bond acceptors (Lipinski definition) is 1. The summed E-state index contributed by atoms with van der Waals surface area (Å²) in [6, 6.07) is 1.98. The Bertz CT molecular complexity index is 638. The lowest BCUT2D eigenvalue weighted by Gasteiger charge is -2.14. The van der Waals surface area contributed by atoms with Crippen LogP contribution in [0.25, 0.3) is 11.3 Å². The maximum atomic E-state index is 6.22. The summed E-state index contributed by atoms with van der Waals surface area (Å²) in [4.78, 5) is 4.35. The number of aromatic nitrogens is 1. The van der Waals surface area contributed by atoms with Gasteiger partial charge in [-0.05, 0) is 25.0 Å². The summed E-state index contributed by atoms with van der Waals surface area (Å²) in [7, 11) is 0. The molecule has 0 spiro atoms. The van der Waals surface area contributed by atoms with E-state index in [1.165, 1.54) is 0 Å². The van der Waals surface area contributed by atoms with Crippen LogP contribution in [0, 0.1) is 13.8 Å². The maximum absolute atomic E-state index is 6.22. The molecule has 0 unspecified atom stereocenters. The molecule has 0 bridgehead atoms. The van der Waals surface area contributed by atoms with E-state index in [4.69, 9.17) is 58.0 Å². The Balaban J connectivity index is 2.83. The van der Waals surface area contributed by atoms with Gasteiger partial charge in [-0.3, -0.25) is 4.98 Å². The van der Waals surface area contributed by atoms with Crippen LogP contribution in [0.5, 0.6) is 0 Å². The second-order valence-electron chi connectivity index (χ2n) is 4.12. The highest BCUT2D eigenvalue weighted by Crippen LogP contribution is 2.48. The zero-order valence-corrected chi connectivity index (χ0v) is 13.8. The summed E-state index contributed by atoms with van der Waals surface area (Å²) < 4.78 is 0. The summed E-state index contributed by atoms with van der Waals surface area (Å²) in [5.74, 6) is 0. The van der Waals surface area contributed by atoms with Gasteiger partial charge in [0.1, 0.15) is 0 Å². The SMILES string of the molecule is Cc1cnc(-c2c(Cl)c(Cl)c(Cl)c(Cl)c2Cl)c(C)c1. The van der Waals surface area contributed by atoms with Gasteiger partial charge in [0.25, 0.3) is 0 Å². The third-order valence-corrected chi connectivity index (χ3v) is 4.94. The first-order chi connectivity index (χ1) is 8.84. The van der Waals surface area contributed by atoms with Gasteiger partial charge in [0.15, 0.2) is 0 Å². The first kappa shape index (κ1) is 15.2. The summed E-state index contributed by atoms with van der Waals surface area (Å²) in [5.41, 5.74) is 3.11. The zero-order chi connectivity index (χ0) is 14.3. The van der Waals surface area contributed by atoms with Crippen LogP contribution in [0.3, 0.4) is 0 Å². The Labute approximate surface area is 136 Å². The van der Waals surface area contributed by atoms with E-state index in [9.17, 15) is 0 Å². The Morgan fingerprint density at radius 2 is 1.26 bits per heavy atom. The van der Waals surface area contributed by atoms with Crippen molar-refractivity contribution in [3.63, 3.8) is 0 Å². The molecule has 0 fully saturated rings. The lowest BCUT2D eigenvalue weighted by molar-refractivity contribution is 1.22. The van der Waals surface area contributed by atoms with E-state index in [2.05, 4.69) is 4.98 Å². The van der Waals surface area contributed by atoms with Crippen molar-refractivity contribution in [2.24, 2.45) is 0 Å². The Morgan fingerprint density at radius 3 is 1.74 bits per heavy atom. The van der Waals surface area contributed by atoms with Gasteiger partial charge >= 0.3 is 0 Å². The molecule has 0 atom stereocenters. The molecule has 0 radical (unpaired) electrons. The molecule has 1 heterocycles. The molecule has 1 aromatic carbocycles. The zero-order valence-electron chi connectivity index (χ0n) is 9.99. The van der Waals surface area contributed by atoms with Crippen LogP contribution < -0.4 is 0 Å². The number of hydrogen-bond donors (Lipinski definition) is 0. The first-order valence-electron chi connectivity index (χ1n) is 5.29. The molecule has 0 saturated heterocycles. The summed E-state index contributed by atoms with van der Waals surface area (Å²) in [5, 5.41) is 0.997. The van der Waals surface area contributed by atoms with Crippen molar-refractivity contribution in [2.75, 3.05) is 0 Å². The number of nitrogens with zero attached hydrogens (tertiary/aromatic N) is 1. The Hall–Kier alpha value is -0.180. The molecule has 0 aliphatic heterocycles. The van der Waals surface area contributed by atoms with E-state index in [-0.39, 0.29) is 25.1 Å². The average molecular weight is 355 g/mol. The normalized spacial score (nSPS) is 10.9. The van der Waals surface area contributed by atoms with E-state index in [0.29, 0.717) is 11.3 Å². The third-order valence-electron chi connectivity index (χ3n) is 2.66. The molecule has 0 aliphatic rings. The van der Waals surface area contributed by atoms with Crippen LogP contribution in [-0.2, 0) is 0 Å². The molecule has 0 N–H and O–H groups in total. The van der Waals surface area contributed by atoms with Crippen molar-refractivity contribution in [1.29, 1.82) is 0 Å². The summed E-state index contributed by atoms with van der Waals surface area (Å²) in [6.07, 6.45) is 1.73. The van der Waals surface area contributed by atoms with Crippen LogP contribution in [-0.4, -0.2) is 4.98 Å². The largest absolute Gasteiger partial charge is 0.256 e. The average Bonchev–Trinajstić information content (AvgIpc) is 2.37. The van der Waals surface area contributed by atoms with Crippen molar-refractivity contribution < 1.29 is 0 Å². The molecule has 6 heteroatoms. The minimum absolute atomic E-state index is 0.145. The van der Waals surface area contributed by atoms with Crippen LogP contribution in [0.2, 0.25) is 25.1 Å². The summed E-state index contributed by atoms with van der Waals surface area (Å²) >= 11 is 30.5. The number of halogens is 5. The van der Waals surface area contributed by atoms with Gasteiger partial charge in [-0.15, -0.1) is 0 Å². The first-order valence-corrected chi connectivity index (χ1v) is 7.18. The fourth-order valence-electron chi connectivity index (χ4n) is 1.79. The Morgan fingerprint density at radius 1 is 0.789 bits per heavy atom. The number of pyridine rings is 1. The van der Waals surface area contributed by atoms with Gasteiger partial charge in [-0.25, -0.2) is 0 Å². The molecular formula is C13H8Cl5N. The van der Waals surface area contributed by atoms with Gasteiger partial charge in [-0.1, -0.05) is 64.1 Å². The molecule has 2 rings (SSSR count). The fourth-order valence-corrected chi connectivity index (χ4v) is 3.11.